The largest absolute Gasteiger partial charge is 0.399 e. The monoisotopic (exact) mass is 260 g/mol. The molecule has 1 saturated carbocycles. The van der Waals surface area contributed by atoms with E-state index in [4.69, 9.17) is 5.73 Å². The minimum absolute atomic E-state index is 0.453. The summed E-state index contributed by atoms with van der Waals surface area (Å²) in [7, 11) is 4.32. The maximum absolute atomic E-state index is 5.80. The Bertz CT molecular complexity index is 390. The van der Waals surface area contributed by atoms with Gasteiger partial charge in [0.1, 0.15) is 0 Å². The van der Waals surface area contributed by atoms with Gasteiger partial charge in [-0.15, -0.1) is 0 Å². The van der Waals surface area contributed by atoms with Crippen molar-refractivity contribution in [2.24, 2.45) is 5.92 Å². The summed E-state index contributed by atoms with van der Waals surface area (Å²) in [6.45, 7) is 3.56. The van der Waals surface area contributed by atoms with Gasteiger partial charge in [0.15, 0.2) is 0 Å². The topological polar surface area (TPSA) is 29.3 Å². The third kappa shape index (κ3) is 3.50. The highest BCUT2D eigenvalue weighted by Crippen LogP contribution is 2.47. The van der Waals surface area contributed by atoms with Gasteiger partial charge in [-0.1, -0.05) is 25.5 Å². The van der Waals surface area contributed by atoms with E-state index in [1.165, 1.54) is 44.2 Å². The Balaban J connectivity index is 1.97. The Kier molecular flexibility index (Phi) is 4.51. The third-order valence-corrected chi connectivity index (χ3v) is 4.63. The summed E-state index contributed by atoms with van der Waals surface area (Å²) >= 11 is 0. The van der Waals surface area contributed by atoms with E-state index in [1.807, 2.05) is 0 Å². The summed E-state index contributed by atoms with van der Waals surface area (Å²) in [5.41, 5.74) is 8.63. The van der Waals surface area contributed by atoms with E-state index >= 15 is 0 Å². The molecule has 0 radical (unpaired) electrons. The molecule has 106 valence electrons. The molecule has 0 heterocycles. The van der Waals surface area contributed by atoms with Gasteiger partial charge in [0, 0.05) is 12.2 Å². The van der Waals surface area contributed by atoms with Crippen LogP contribution < -0.4 is 5.73 Å². The molecule has 2 N–H and O–H groups in total. The molecule has 0 amide bonds. The van der Waals surface area contributed by atoms with Gasteiger partial charge in [-0.25, -0.2) is 0 Å². The predicted molar refractivity (Wildman–Crippen MR) is 83.3 cm³/mol. The molecule has 1 fully saturated rings. The zero-order valence-electron chi connectivity index (χ0n) is 12.7. The van der Waals surface area contributed by atoms with E-state index in [0.717, 1.165) is 11.6 Å². The SMILES string of the molecule is CC(CCC1(c2ccc(N)cc2)CCC1)CN(C)C. The average Bonchev–Trinajstić information content (AvgIpc) is 2.29. The van der Waals surface area contributed by atoms with Crippen LogP contribution >= 0.6 is 0 Å². The number of hydrogen-bond acceptors (Lipinski definition) is 2. The minimum Gasteiger partial charge on any atom is -0.399 e. The van der Waals surface area contributed by atoms with Gasteiger partial charge in [-0.2, -0.15) is 0 Å². The molecule has 0 aromatic heterocycles. The van der Waals surface area contributed by atoms with Crippen LogP contribution in [0.15, 0.2) is 24.3 Å². The van der Waals surface area contributed by atoms with Gasteiger partial charge in [0.2, 0.25) is 0 Å². The van der Waals surface area contributed by atoms with Crippen LogP contribution in [-0.4, -0.2) is 25.5 Å². The highest BCUT2D eigenvalue weighted by Gasteiger charge is 2.38. The zero-order chi connectivity index (χ0) is 13.9. The van der Waals surface area contributed by atoms with Crippen LogP contribution in [0.5, 0.6) is 0 Å². The first-order valence-electron chi connectivity index (χ1n) is 7.53. The summed E-state index contributed by atoms with van der Waals surface area (Å²) in [4.78, 5) is 2.29. The van der Waals surface area contributed by atoms with Crippen molar-refractivity contribution in [1.29, 1.82) is 0 Å². The molecular weight excluding hydrogens is 232 g/mol. The number of nitrogens with two attached hydrogens (primary N) is 1. The Labute approximate surface area is 118 Å². The van der Waals surface area contributed by atoms with Crippen molar-refractivity contribution in [1.82, 2.24) is 4.90 Å². The van der Waals surface area contributed by atoms with Crippen molar-refractivity contribution in [2.75, 3.05) is 26.4 Å². The molecule has 2 rings (SSSR count). The number of benzene rings is 1. The van der Waals surface area contributed by atoms with Gasteiger partial charge in [0.05, 0.1) is 0 Å². The fourth-order valence-electron chi connectivity index (χ4n) is 3.36. The van der Waals surface area contributed by atoms with Crippen LogP contribution in [0.3, 0.4) is 0 Å². The first-order valence-corrected chi connectivity index (χ1v) is 7.53. The van der Waals surface area contributed by atoms with Crippen LogP contribution in [0.4, 0.5) is 5.69 Å². The van der Waals surface area contributed by atoms with Crippen LogP contribution in [0.25, 0.3) is 0 Å². The fraction of sp³-hybridized carbons (Fsp3) is 0.647. The summed E-state index contributed by atoms with van der Waals surface area (Å²) in [5.74, 6) is 0.779. The predicted octanol–water partition coefficient (Wildman–Crippen LogP) is 3.67. The van der Waals surface area contributed by atoms with E-state index < -0.39 is 0 Å². The highest BCUT2D eigenvalue weighted by molar-refractivity contribution is 5.42. The summed E-state index contributed by atoms with van der Waals surface area (Å²) in [6, 6.07) is 8.59. The zero-order valence-corrected chi connectivity index (χ0v) is 12.7. The van der Waals surface area contributed by atoms with Gasteiger partial charge in [-0.3, -0.25) is 0 Å². The van der Waals surface area contributed by atoms with Crippen LogP contribution in [0.2, 0.25) is 0 Å². The molecule has 19 heavy (non-hydrogen) atoms. The molecule has 0 aliphatic heterocycles. The third-order valence-electron chi connectivity index (χ3n) is 4.63. The number of nitrogens with zero attached hydrogens (tertiary/aromatic N) is 1. The van der Waals surface area contributed by atoms with Crippen molar-refractivity contribution in [3.05, 3.63) is 29.8 Å². The van der Waals surface area contributed by atoms with Crippen molar-refractivity contribution in [2.45, 2.75) is 44.4 Å². The van der Waals surface area contributed by atoms with E-state index in [9.17, 15) is 0 Å². The molecule has 1 unspecified atom stereocenters. The molecule has 1 atom stereocenters. The van der Waals surface area contributed by atoms with Crippen molar-refractivity contribution in [3.63, 3.8) is 0 Å². The maximum atomic E-state index is 5.80. The van der Waals surface area contributed by atoms with Gasteiger partial charge in [0.25, 0.3) is 0 Å². The normalized spacial score (nSPS) is 19.2. The first kappa shape index (κ1) is 14.4. The number of anilines is 1. The average molecular weight is 260 g/mol. The van der Waals surface area contributed by atoms with E-state index in [0.29, 0.717) is 5.41 Å². The first-order chi connectivity index (χ1) is 9.02. The summed E-state index contributed by atoms with van der Waals surface area (Å²) in [6.07, 6.45) is 6.73. The smallest absolute Gasteiger partial charge is 0.0314 e. The van der Waals surface area contributed by atoms with Crippen LogP contribution in [0, 0.1) is 5.92 Å². The van der Waals surface area contributed by atoms with Gasteiger partial charge in [-0.05, 0) is 68.8 Å². The lowest BCUT2D eigenvalue weighted by Crippen LogP contribution is -2.35. The summed E-state index contributed by atoms with van der Waals surface area (Å²) < 4.78 is 0. The van der Waals surface area contributed by atoms with Crippen molar-refractivity contribution < 1.29 is 0 Å². The molecule has 1 aliphatic carbocycles. The van der Waals surface area contributed by atoms with Crippen LogP contribution in [0.1, 0.15) is 44.6 Å². The second kappa shape index (κ2) is 5.96. The molecule has 0 saturated heterocycles. The number of nitrogen functional groups attached to an aromatic ring is 1. The lowest BCUT2D eigenvalue weighted by molar-refractivity contribution is 0.200. The Hall–Kier alpha value is -1.02. The maximum Gasteiger partial charge on any atom is 0.0314 e. The quantitative estimate of drug-likeness (QED) is 0.791. The molecule has 2 nitrogen and oxygen atoms in total. The Morgan fingerprint density at radius 1 is 1.21 bits per heavy atom. The van der Waals surface area contributed by atoms with Crippen LogP contribution in [-0.2, 0) is 5.41 Å². The molecular formula is C17H28N2. The second-order valence-electron chi connectivity index (χ2n) is 6.66. The lowest BCUT2D eigenvalue weighted by atomic mass is 9.61. The molecule has 2 heteroatoms. The summed E-state index contributed by atoms with van der Waals surface area (Å²) in [5, 5.41) is 0. The Morgan fingerprint density at radius 2 is 1.84 bits per heavy atom. The van der Waals surface area contributed by atoms with Crippen molar-refractivity contribution in [3.8, 4) is 0 Å². The highest BCUT2D eigenvalue weighted by atomic mass is 15.1. The van der Waals surface area contributed by atoms with E-state index in [2.05, 4.69) is 50.2 Å². The van der Waals surface area contributed by atoms with Gasteiger partial charge < -0.3 is 10.6 Å². The number of hydrogen-bond donors (Lipinski definition) is 1. The van der Waals surface area contributed by atoms with E-state index in [-0.39, 0.29) is 0 Å². The number of rotatable bonds is 6. The molecule has 0 spiro atoms. The second-order valence-corrected chi connectivity index (χ2v) is 6.66. The molecule has 1 aromatic rings. The van der Waals surface area contributed by atoms with Gasteiger partial charge >= 0.3 is 0 Å². The lowest BCUT2D eigenvalue weighted by Gasteiger charge is -2.43. The fourth-order valence-corrected chi connectivity index (χ4v) is 3.36. The van der Waals surface area contributed by atoms with Crippen molar-refractivity contribution >= 4 is 5.69 Å². The standard InChI is InChI=1S/C17H28N2/c1-14(13-19(2)3)9-12-17(10-4-11-17)15-5-7-16(18)8-6-15/h5-8,14H,4,9-13,18H2,1-3H3. The minimum atomic E-state index is 0.453. The molecule has 1 aliphatic rings. The van der Waals surface area contributed by atoms with E-state index in [1.54, 1.807) is 0 Å². The molecule has 0 bridgehead atoms. The Morgan fingerprint density at radius 3 is 2.32 bits per heavy atom. The molecule has 1 aromatic carbocycles.